The molecule has 0 aliphatic heterocycles. The van der Waals surface area contributed by atoms with E-state index in [1.807, 2.05) is 0 Å². The van der Waals surface area contributed by atoms with Gasteiger partial charge in [0.2, 0.25) is 5.43 Å². The molecule has 0 spiro atoms. The highest BCUT2D eigenvalue weighted by molar-refractivity contribution is 5.91. The molecule has 21 heavy (non-hydrogen) atoms. The predicted molar refractivity (Wildman–Crippen MR) is 77.9 cm³/mol. The van der Waals surface area contributed by atoms with E-state index in [0.717, 1.165) is 0 Å². The normalized spacial score (nSPS) is 10.8. The van der Waals surface area contributed by atoms with Gasteiger partial charge in [-0.15, -0.1) is 0 Å². The predicted octanol–water partition coefficient (Wildman–Crippen LogP) is 2.88. The monoisotopic (exact) mass is 284 g/mol. The summed E-state index contributed by atoms with van der Waals surface area (Å²) in [7, 11) is 1.45. The molecule has 0 saturated heterocycles. The van der Waals surface area contributed by atoms with E-state index in [4.69, 9.17) is 13.9 Å². The van der Waals surface area contributed by atoms with Crippen LogP contribution in [-0.2, 0) is 4.79 Å². The lowest BCUT2D eigenvalue weighted by molar-refractivity contribution is -0.132. The van der Waals surface area contributed by atoms with Gasteiger partial charge >= 0.3 is 5.97 Å². The molecule has 0 unspecified atom stereocenters. The topological polar surface area (TPSA) is 65.7 Å². The number of para-hydroxylation sites is 1. The largest absolute Gasteiger partial charge is 0.493 e. The highest BCUT2D eigenvalue weighted by Gasteiger charge is 2.14. The molecule has 0 N–H and O–H groups in total. The summed E-state index contributed by atoms with van der Waals surface area (Å²) in [6, 6.07) is 9.98. The lowest BCUT2D eigenvalue weighted by Crippen LogP contribution is -2.06. The molecule has 0 fully saturated rings. The van der Waals surface area contributed by atoms with Gasteiger partial charge in [0.05, 0.1) is 17.9 Å². The second-order valence-electron chi connectivity index (χ2n) is 4.52. The number of methoxy groups -OCH3 is 1. The Morgan fingerprint density at radius 3 is 2.52 bits per heavy atom. The molecule has 2 aromatic carbocycles. The second-order valence-corrected chi connectivity index (χ2v) is 4.52. The van der Waals surface area contributed by atoms with Crippen LogP contribution in [0.4, 0.5) is 0 Å². The molecule has 0 amide bonds. The van der Waals surface area contributed by atoms with E-state index in [0.29, 0.717) is 27.7 Å². The number of carbonyl (C=O) groups is 1. The van der Waals surface area contributed by atoms with E-state index in [-0.39, 0.29) is 11.2 Å². The second kappa shape index (κ2) is 4.94. The first-order valence-corrected chi connectivity index (χ1v) is 6.32. The Bertz CT molecular complexity index is 908. The van der Waals surface area contributed by atoms with E-state index in [2.05, 4.69) is 0 Å². The van der Waals surface area contributed by atoms with Crippen LogP contribution in [0.15, 0.2) is 45.6 Å². The number of hydrogen-bond donors (Lipinski definition) is 0. The van der Waals surface area contributed by atoms with Crippen LogP contribution >= 0.6 is 0 Å². The maximum Gasteiger partial charge on any atom is 0.308 e. The van der Waals surface area contributed by atoms with Crippen LogP contribution in [0.3, 0.4) is 0 Å². The summed E-state index contributed by atoms with van der Waals surface area (Å²) in [6.07, 6.45) is 0. The van der Waals surface area contributed by atoms with Crippen molar-refractivity contribution in [3.63, 3.8) is 0 Å². The summed E-state index contributed by atoms with van der Waals surface area (Å²) in [5.41, 5.74) is 0.701. The molecule has 0 bridgehead atoms. The number of carbonyl (C=O) groups excluding carboxylic acids is 1. The SMILES string of the molecule is COc1cc2oc3ccccc3c(=O)c2cc1OC(C)=O. The maximum absolute atomic E-state index is 12.5. The number of benzene rings is 2. The van der Waals surface area contributed by atoms with Gasteiger partial charge in [0.15, 0.2) is 11.5 Å². The van der Waals surface area contributed by atoms with Gasteiger partial charge in [-0.25, -0.2) is 0 Å². The minimum absolute atomic E-state index is 0.178. The van der Waals surface area contributed by atoms with Gasteiger partial charge in [0, 0.05) is 13.0 Å². The molecule has 0 radical (unpaired) electrons. The first-order valence-electron chi connectivity index (χ1n) is 6.32. The van der Waals surface area contributed by atoms with E-state index < -0.39 is 5.97 Å². The molecule has 1 heterocycles. The fourth-order valence-corrected chi connectivity index (χ4v) is 2.20. The molecular formula is C16H12O5. The van der Waals surface area contributed by atoms with Crippen LogP contribution in [0.5, 0.6) is 11.5 Å². The highest BCUT2D eigenvalue weighted by atomic mass is 16.6. The summed E-state index contributed by atoms with van der Waals surface area (Å²) in [5.74, 6) is 0.0361. The van der Waals surface area contributed by atoms with Crippen molar-refractivity contribution in [3.8, 4) is 11.5 Å². The zero-order valence-corrected chi connectivity index (χ0v) is 11.5. The Kier molecular flexibility index (Phi) is 3.10. The summed E-state index contributed by atoms with van der Waals surface area (Å²) < 4.78 is 15.9. The van der Waals surface area contributed by atoms with Crippen LogP contribution in [-0.4, -0.2) is 13.1 Å². The van der Waals surface area contributed by atoms with Crippen LogP contribution in [0.1, 0.15) is 6.92 Å². The minimum atomic E-state index is -0.488. The van der Waals surface area contributed by atoms with Crippen molar-refractivity contribution in [1.82, 2.24) is 0 Å². The summed E-state index contributed by atoms with van der Waals surface area (Å²) >= 11 is 0. The van der Waals surface area contributed by atoms with Gasteiger partial charge in [-0.2, -0.15) is 0 Å². The number of fused-ring (bicyclic) bond motifs is 2. The Hall–Kier alpha value is -2.82. The summed E-state index contributed by atoms with van der Waals surface area (Å²) in [5, 5.41) is 0.815. The van der Waals surface area contributed by atoms with Gasteiger partial charge < -0.3 is 13.9 Å². The fraction of sp³-hybridized carbons (Fsp3) is 0.125. The average molecular weight is 284 g/mol. The van der Waals surface area contributed by atoms with Crippen LogP contribution < -0.4 is 14.9 Å². The maximum atomic E-state index is 12.5. The van der Waals surface area contributed by atoms with E-state index in [1.54, 1.807) is 30.3 Å². The molecule has 5 nitrogen and oxygen atoms in total. The van der Waals surface area contributed by atoms with Crippen LogP contribution in [0.2, 0.25) is 0 Å². The lowest BCUT2D eigenvalue weighted by atomic mass is 10.1. The van der Waals surface area contributed by atoms with E-state index in [9.17, 15) is 9.59 Å². The molecule has 1 aromatic heterocycles. The van der Waals surface area contributed by atoms with Gasteiger partial charge in [-0.1, -0.05) is 12.1 Å². The smallest absolute Gasteiger partial charge is 0.308 e. The Morgan fingerprint density at radius 1 is 1.05 bits per heavy atom. The van der Waals surface area contributed by atoms with Crippen LogP contribution in [0.25, 0.3) is 21.9 Å². The molecule has 0 aliphatic carbocycles. The van der Waals surface area contributed by atoms with Crippen molar-refractivity contribution >= 4 is 27.9 Å². The average Bonchev–Trinajstić information content (AvgIpc) is 2.47. The zero-order valence-electron chi connectivity index (χ0n) is 11.5. The van der Waals surface area contributed by atoms with Crippen LogP contribution in [0, 0.1) is 0 Å². The zero-order chi connectivity index (χ0) is 15.0. The molecule has 3 rings (SSSR count). The number of hydrogen-bond acceptors (Lipinski definition) is 5. The molecule has 0 saturated carbocycles. The van der Waals surface area contributed by atoms with Crippen molar-refractivity contribution in [3.05, 3.63) is 46.6 Å². The standard InChI is InChI=1S/C16H12O5/c1-9(17)20-15-7-11-13(8-14(15)19-2)21-12-6-4-3-5-10(12)16(11)18/h3-8H,1-2H3. The molecular weight excluding hydrogens is 272 g/mol. The molecule has 0 aliphatic rings. The molecule has 3 aromatic rings. The highest BCUT2D eigenvalue weighted by Crippen LogP contribution is 2.32. The van der Waals surface area contributed by atoms with Crippen molar-refractivity contribution in [2.24, 2.45) is 0 Å². The Morgan fingerprint density at radius 2 is 1.81 bits per heavy atom. The Balaban J connectivity index is 2.38. The van der Waals surface area contributed by atoms with E-state index in [1.165, 1.54) is 20.1 Å². The number of ether oxygens (including phenoxy) is 2. The van der Waals surface area contributed by atoms with Crippen molar-refractivity contribution < 1.29 is 18.7 Å². The van der Waals surface area contributed by atoms with Gasteiger partial charge in [0.25, 0.3) is 0 Å². The molecule has 0 atom stereocenters. The van der Waals surface area contributed by atoms with Crippen molar-refractivity contribution in [1.29, 1.82) is 0 Å². The lowest BCUT2D eigenvalue weighted by Gasteiger charge is -2.09. The first-order chi connectivity index (χ1) is 10.1. The van der Waals surface area contributed by atoms with Gasteiger partial charge in [-0.3, -0.25) is 9.59 Å². The number of esters is 1. The third kappa shape index (κ3) is 2.23. The summed E-state index contributed by atoms with van der Waals surface area (Å²) in [6.45, 7) is 1.28. The van der Waals surface area contributed by atoms with Crippen molar-refractivity contribution in [2.45, 2.75) is 6.92 Å². The van der Waals surface area contributed by atoms with Gasteiger partial charge in [0.1, 0.15) is 11.2 Å². The third-order valence-electron chi connectivity index (χ3n) is 3.12. The molecule has 106 valence electrons. The quantitative estimate of drug-likeness (QED) is 0.411. The molecule has 5 heteroatoms. The van der Waals surface area contributed by atoms with Gasteiger partial charge in [-0.05, 0) is 18.2 Å². The fourth-order valence-electron chi connectivity index (χ4n) is 2.20. The Labute approximate surface area is 119 Å². The van der Waals surface area contributed by atoms with E-state index >= 15 is 0 Å². The summed E-state index contributed by atoms with van der Waals surface area (Å²) in [4.78, 5) is 23.6. The number of rotatable bonds is 2. The van der Waals surface area contributed by atoms with Crippen molar-refractivity contribution in [2.75, 3.05) is 7.11 Å². The first kappa shape index (κ1) is 13.2. The third-order valence-corrected chi connectivity index (χ3v) is 3.12. The minimum Gasteiger partial charge on any atom is -0.493 e.